The number of rotatable bonds is 5. The van der Waals surface area contributed by atoms with Gasteiger partial charge in [-0.3, -0.25) is 9.80 Å². The number of piperazine rings is 2. The van der Waals surface area contributed by atoms with E-state index in [1.807, 2.05) is 9.80 Å². The van der Waals surface area contributed by atoms with Gasteiger partial charge >= 0.3 is 12.1 Å². The van der Waals surface area contributed by atoms with E-state index < -0.39 is 0 Å². The molecule has 4 aliphatic heterocycles. The summed E-state index contributed by atoms with van der Waals surface area (Å²) in [7, 11) is 0. The number of carbonyl (C=O) groups is 2. The van der Waals surface area contributed by atoms with Gasteiger partial charge in [0, 0.05) is 88.9 Å². The number of halogens is 4. The summed E-state index contributed by atoms with van der Waals surface area (Å²) in [6.45, 7) is 14.6. The van der Waals surface area contributed by atoms with Gasteiger partial charge in [-0.15, -0.1) is 0 Å². The molecule has 0 bridgehead atoms. The van der Waals surface area contributed by atoms with Crippen LogP contribution < -0.4 is 16.0 Å². The number of nitrogens with zero attached hydrogens (tertiary/aromatic N) is 5. The zero-order chi connectivity index (χ0) is 32.6. The third-order valence-corrected chi connectivity index (χ3v) is 10.8. The summed E-state index contributed by atoms with van der Waals surface area (Å²) in [5, 5.41) is 11.0. The average molecular weight is 715 g/mol. The van der Waals surface area contributed by atoms with Gasteiger partial charge in [-0.25, -0.2) is 9.59 Å². The maximum absolute atomic E-state index is 12.4. The van der Waals surface area contributed by atoms with Crippen molar-refractivity contribution in [3.8, 4) is 0 Å². The number of likely N-dealkylation sites (N-methyl/N-ethyl adjacent to an activating group) is 1. The van der Waals surface area contributed by atoms with Crippen molar-refractivity contribution in [3.63, 3.8) is 0 Å². The van der Waals surface area contributed by atoms with Crippen LogP contribution in [-0.4, -0.2) is 134 Å². The van der Waals surface area contributed by atoms with Crippen molar-refractivity contribution in [1.82, 2.24) is 29.8 Å². The lowest BCUT2D eigenvalue weighted by Gasteiger charge is -2.38. The van der Waals surface area contributed by atoms with Gasteiger partial charge in [-0.2, -0.15) is 0 Å². The van der Waals surface area contributed by atoms with Crippen LogP contribution in [0.4, 0.5) is 21.0 Å². The lowest BCUT2D eigenvalue weighted by molar-refractivity contribution is 0.114. The van der Waals surface area contributed by atoms with Crippen LogP contribution in [0.1, 0.15) is 19.8 Å². The fourth-order valence-electron chi connectivity index (χ4n) is 6.48. The molecule has 252 valence electrons. The number of hydrogen-bond donors (Lipinski definition) is 3. The summed E-state index contributed by atoms with van der Waals surface area (Å²) in [6, 6.07) is 11.4. The van der Waals surface area contributed by atoms with Crippen molar-refractivity contribution in [2.75, 3.05) is 95.7 Å². The normalized spacial score (nSPS) is 22.8. The molecule has 4 heterocycles. The van der Waals surface area contributed by atoms with E-state index >= 15 is 0 Å². The Kier molecular flexibility index (Phi) is 13.0. The Morgan fingerprint density at radius 2 is 1.20 bits per heavy atom. The maximum atomic E-state index is 12.4. The summed E-state index contributed by atoms with van der Waals surface area (Å²) in [5.41, 5.74) is 1.34. The standard InChI is InChI=1S/C17H24Cl2N4O.C15H20Cl2N4O/c1-2-21-6-5-14(12-21)22-7-9-23(10-8-22)17(24)20-13-3-4-15(18)16(19)11-13;16-13-2-1-11(9-14(13)17)19-15(22)21-7-5-20(6-8-21)12-3-4-18-10-12/h3-4,11,14H,2,5-10,12H2,1H3,(H,20,24);1-2,9,12,18H,3-8,10H2,(H,19,22). The van der Waals surface area contributed by atoms with E-state index in [0.717, 1.165) is 78.5 Å². The van der Waals surface area contributed by atoms with E-state index in [2.05, 4.69) is 37.6 Å². The molecule has 0 spiro atoms. The molecule has 46 heavy (non-hydrogen) atoms. The molecule has 4 aliphatic rings. The lowest BCUT2D eigenvalue weighted by atomic mass is 10.2. The number of nitrogens with one attached hydrogen (secondary N) is 3. The predicted octanol–water partition coefficient (Wildman–Crippen LogP) is 5.74. The van der Waals surface area contributed by atoms with Gasteiger partial charge in [-0.05, 0) is 68.9 Å². The molecule has 0 aromatic heterocycles. The summed E-state index contributed by atoms with van der Waals surface area (Å²) >= 11 is 23.7. The number of likely N-dealkylation sites (tertiary alicyclic amines) is 1. The fraction of sp³-hybridized carbons (Fsp3) is 0.562. The first kappa shape index (κ1) is 35.3. The Morgan fingerprint density at radius 3 is 1.61 bits per heavy atom. The van der Waals surface area contributed by atoms with Crippen LogP contribution in [0.2, 0.25) is 20.1 Å². The zero-order valence-corrected chi connectivity index (χ0v) is 29.3. The second-order valence-electron chi connectivity index (χ2n) is 12.1. The average Bonchev–Trinajstić information content (AvgIpc) is 3.78. The number of carbonyl (C=O) groups excluding carboxylic acids is 2. The van der Waals surface area contributed by atoms with Gasteiger partial charge in [0.2, 0.25) is 0 Å². The summed E-state index contributed by atoms with van der Waals surface area (Å²) in [6.07, 6.45) is 2.44. The lowest BCUT2D eigenvalue weighted by Crippen LogP contribution is -2.53. The second-order valence-corrected chi connectivity index (χ2v) is 13.8. The SMILES string of the molecule is CCN1CCC(N2CCN(C(=O)Nc3ccc(Cl)c(Cl)c3)CC2)C1.O=C(Nc1ccc(Cl)c(Cl)c1)N1CCN(C2CCNC2)CC1. The molecule has 0 radical (unpaired) electrons. The van der Waals surface area contributed by atoms with Gasteiger partial charge < -0.3 is 30.7 Å². The minimum atomic E-state index is -0.0809. The molecule has 2 unspecified atom stereocenters. The Morgan fingerprint density at radius 1 is 0.696 bits per heavy atom. The highest BCUT2D eigenvalue weighted by molar-refractivity contribution is 6.42. The fourth-order valence-corrected chi connectivity index (χ4v) is 7.08. The van der Waals surface area contributed by atoms with Crippen LogP contribution in [-0.2, 0) is 0 Å². The first-order valence-electron chi connectivity index (χ1n) is 16.1. The first-order valence-corrected chi connectivity index (χ1v) is 17.6. The number of anilines is 2. The Bertz CT molecular complexity index is 1330. The Balaban J connectivity index is 0.000000182. The van der Waals surface area contributed by atoms with E-state index in [-0.39, 0.29) is 12.1 Å². The van der Waals surface area contributed by atoms with E-state index in [1.54, 1.807) is 36.4 Å². The summed E-state index contributed by atoms with van der Waals surface area (Å²) in [5.74, 6) is 0. The van der Waals surface area contributed by atoms with Gasteiger partial charge in [-0.1, -0.05) is 53.3 Å². The van der Waals surface area contributed by atoms with E-state index in [9.17, 15) is 9.59 Å². The Hall–Kier alpha value is -2.02. The highest BCUT2D eigenvalue weighted by Gasteiger charge is 2.31. The van der Waals surface area contributed by atoms with Crippen molar-refractivity contribution in [2.45, 2.75) is 31.8 Å². The van der Waals surface area contributed by atoms with E-state index in [4.69, 9.17) is 46.4 Å². The largest absolute Gasteiger partial charge is 0.322 e. The van der Waals surface area contributed by atoms with Crippen LogP contribution in [0.3, 0.4) is 0 Å². The quantitative estimate of drug-likeness (QED) is 0.367. The van der Waals surface area contributed by atoms with Crippen LogP contribution >= 0.6 is 46.4 Å². The molecule has 6 rings (SSSR count). The molecular weight excluding hydrogens is 670 g/mol. The number of urea groups is 2. The van der Waals surface area contributed by atoms with Crippen molar-refractivity contribution < 1.29 is 9.59 Å². The molecule has 3 N–H and O–H groups in total. The van der Waals surface area contributed by atoms with E-state index in [1.165, 1.54) is 19.4 Å². The molecule has 4 amide bonds. The molecule has 2 atom stereocenters. The number of benzene rings is 2. The third kappa shape index (κ3) is 9.54. The van der Waals surface area contributed by atoms with Crippen molar-refractivity contribution in [1.29, 1.82) is 0 Å². The topological polar surface area (TPSA) is 86.4 Å². The highest BCUT2D eigenvalue weighted by atomic mass is 35.5. The number of amides is 4. The second kappa shape index (κ2) is 16.9. The molecule has 14 heteroatoms. The van der Waals surface area contributed by atoms with Crippen LogP contribution in [0.5, 0.6) is 0 Å². The zero-order valence-electron chi connectivity index (χ0n) is 26.3. The van der Waals surface area contributed by atoms with Gasteiger partial charge in [0.15, 0.2) is 0 Å². The van der Waals surface area contributed by atoms with Crippen LogP contribution in [0, 0.1) is 0 Å². The van der Waals surface area contributed by atoms with Gasteiger partial charge in [0.25, 0.3) is 0 Å². The molecule has 0 saturated carbocycles. The minimum absolute atomic E-state index is 0.0744. The molecule has 2 aromatic rings. The number of hydrogen-bond acceptors (Lipinski definition) is 6. The molecule has 4 saturated heterocycles. The van der Waals surface area contributed by atoms with Crippen LogP contribution in [0.15, 0.2) is 36.4 Å². The van der Waals surface area contributed by atoms with Gasteiger partial charge in [0.1, 0.15) is 0 Å². The van der Waals surface area contributed by atoms with Gasteiger partial charge in [0.05, 0.1) is 20.1 Å². The predicted molar refractivity (Wildman–Crippen MR) is 189 cm³/mol. The first-order chi connectivity index (χ1) is 22.2. The summed E-state index contributed by atoms with van der Waals surface area (Å²) < 4.78 is 0. The molecular formula is C32H44Cl4N8O2. The monoisotopic (exact) mass is 712 g/mol. The Labute approximate surface area is 292 Å². The van der Waals surface area contributed by atoms with Crippen molar-refractivity contribution >= 4 is 69.8 Å². The highest BCUT2D eigenvalue weighted by Crippen LogP contribution is 2.26. The molecule has 10 nitrogen and oxygen atoms in total. The van der Waals surface area contributed by atoms with Crippen molar-refractivity contribution in [3.05, 3.63) is 56.5 Å². The van der Waals surface area contributed by atoms with E-state index in [0.29, 0.717) is 43.5 Å². The molecule has 4 fully saturated rings. The maximum Gasteiger partial charge on any atom is 0.321 e. The minimum Gasteiger partial charge on any atom is -0.322 e. The third-order valence-electron chi connectivity index (χ3n) is 9.31. The smallest absolute Gasteiger partial charge is 0.321 e. The summed E-state index contributed by atoms with van der Waals surface area (Å²) in [4.78, 5) is 35.9. The molecule has 2 aromatic carbocycles. The van der Waals surface area contributed by atoms with Crippen LogP contribution in [0.25, 0.3) is 0 Å². The van der Waals surface area contributed by atoms with Crippen molar-refractivity contribution in [2.24, 2.45) is 0 Å². The molecule has 0 aliphatic carbocycles.